The Kier molecular flexibility index (Phi) is 5.46. The average molecular weight is 296 g/mol. The minimum absolute atomic E-state index is 0.208. The first-order chi connectivity index (χ1) is 9.58. The van der Waals surface area contributed by atoms with E-state index in [4.69, 9.17) is 0 Å². The van der Waals surface area contributed by atoms with Crippen molar-refractivity contribution in [2.75, 3.05) is 5.75 Å². The molecule has 1 heterocycles. The first kappa shape index (κ1) is 15.4. The van der Waals surface area contributed by atoms with Crippen molar-refractivity contribution in [3.05, 3.63) is 5.82 Å². The molecule has 5 nitrogen and oxygen atoms in total. The number of nitrogens with one attached hydrogen (secondary N) is 1. The lowest BCUT2D eigenvalue weighted by Gasteiger charge is -2.37. The molecule has 1 aliphatic carbocycles. The highest BCUT2D eigenvalue weighted by atomic mass is 32.2. The van der Waals surface area contributed by atoms with Crippen molar-refractivity contribution in [3.8, 4) is 0 Å². The maximum atomic E-state index is 12.5. The summed E-state index contributed by atoms with van der Waals surface area (Å²) in [6.07, 6.45) is 6.09. The van der Waals surface area contributed by atoms with Crippen LogP contribution in [0.4, 0.5) is 0 Å². The monoisotopic (exact) mass is 296 g/mol. The SMILES string of the molecule is Cc1nc(SCC(=O)N(C(C)C)C2CCCCC2)n[nH]1. The summed E-state index contributed by atoms with van der Waals surface area (Å²) in [7, 11) is 0. The van der Waals surface area contributed by atoms with E-state index >= 15 is 0 Å². The van der Waals surface area contributed by atoms with Crippen LogP contribution in [0.3, 0.4) is 0 Å². The van der Waals surface area contributed by atoms with E-state index in [1.165, 1.54) is 31.0 Å². The predicted molar refractivity (Wildman–Crippen MR) is 80.7 cm³/mol. The van der Waals surface area contributed by atoms with E-state index in [0.717, 1.165) is 18.7 Å². The third-order valence-corrected chi connectivity index (χ3v) is 4.55. The molecule has 20 heavy (non-hydrogen) atoms. The first-order valence-corrected chi connectivity index (χ1v) is 8.39. The summed E-state index contributed by atoms with van der Waals surface area (Å²) >= 11 is 1.41. The van der Waals surface area contributed by atoms with Crippen molar-refractivity contribution in [3.63, 3.8) is 0 Å². The highest BCUT2D eigenvalue weighted by molar-refractivity contribution is 7.99. The minimum atomic E-state index is 0.208. The second kappa shape index (κ2) is 7.11. The molecule has 1 aromatic heterocycles. The topological polar surface area (TPSA) is 61.9 Å². The highest BCUT2D eigenvalue weighted by Gasteiger charge is 2.27. The maximum Gasteiger partial charge on any atom is 0.233 e. The molecule has 0 aromatic carbocycles. The van der Waals surface area contributed by atoms with Crippen LogP contribution in [0, 0.1) is 6.92 Å². The number of hydrogen-bond acceptors (Lipinski definition) is 4. The summed E-state index contributed by atoms with van der Waals surface area (Å²) in [5.74, 6) is 1.42. The van der Waals surface area contributed by atoms with E-state index in [9.17, 15) is 4.79 Å². The Morgan fingerprint density at radius 1 is 1.40 bits per heavy atom. The van der Waals surface area contributed by atoms with Gasteiger partial charge in [-0.1, -0.05) is 31.0 Å². The summed E-state index contributed by atoms with van der Waals surface area (Å²) in [4.78, 5) is 18.8. The summed E-state index contributed by atoms with van der Waals surface area (Å²) in [5, 5.41) is 7.52. The van der Waals surface area contributed by atoms with Crippen molar-refractivity contribution in [1.82, 2.24) is 20.1 Å². The molecule has 1 amide bonds. The van der Waals surface area contributed by atoms with Crippen LogP contribution in [0.25, 0.3) is 0 Å². The molecule has 0 aliphatic heterocycles. The number of amides is 1. The highest BCUT2D eigenvalue weighted by Crippen LogP contribution is 2.25. The van der Waals surface area contributed by atoms with E-state index in [-0.39, 0.29) is 11.9 Å². The van der Waals surface area contributed by atoms with E-state index in [0.29, 0.717) is 17.0 Å². The number of H-pyrrole nitrogens is 1. The summed E-state index contributed by atoms with van der Waals surface area (Å²) in [6, 6.07) is 0.686. The van der Waals surface area contributed by atoms with Gasteiger partial charge in [0.2, 0.25) is 11.1 Å². The molecule has 0 radical (unpaired) electrons. The largest absolute Gasteiger partial charge is 0.337 e. The number of rotatable bonds is 5. The zero-order valence-corrected chi connectivity index (χ0v) is 13.4. The number of nitrogens with zero attached hydrogens (tertiary/aromatic N) is 3. The Bertz CT molecular complexity index is 440. The van der Waals surface area contributed by atoms with Gasteiger partial charge in [0, 0.05) is 12.1 Å². The molecular formula is C14H24N4OS. The molecule has 1 aliphatic rings. The molecule has 112 valence electrons. The molecule has 0 unspecified atom stereocenters. The lowest BCUT2D eigenvalue weighted by Crippen LogP contribution is -2.46. The Morgan fingerprint density at radius 2 is 2.10 bits per heavy atom. The number of aromatic amines is 1. The Balaban J connectivity index is 1.92. The third-order valence-electron chi connectivity index (χ3n) is 3.71. The molecule has 0 spiro atoms. The van der Waals surface area contributed by atoms with Crippen LogP contribution in [-0.4, -0.2) is 43.8 Å². The molecule has 2 rings (SSSR count). The first-order valence-electron chi connectivity index (χ1n) is 7.41. The van der Waals surface area contributed by atoms with Gasteiger partial charge in [0.15, 0.2) is 0 Å². The molecule has 0 bridgehead atoms. The van der Waals surface area contributed by atoms with Crippen LogP contribution in [-0.2, 0) is 4.79 Å². The average Bonchev–Trinajstić information content (AvgIpc) is 2.83. The van der Waals surface area contributed by atoms with Crippen LogP contribution in [0.1, 0.15) is 51.8 Å². The molecule has 0 atom stereocenters. The Morgan fingerprint density at radius 3 is 2.65 bits per heavy atom. The minimum Gasteiger partial charge on any atom is -0.337 e. The van der Waals surface area contributed by atoms with E-state index in [1.807, 2.05) is 6.92 Å². The van der Waals surface area contributed by atoms with Crippen LogP contribution in [0.5, 0.6) is 0 Å². The Hall–Kier alpha value is -1.04. The molecule has 1 fully saturated rings. The number of thioether (sulfide) groups is 1. The quantitative estimate of drug-likeness (QED) is 0.849. The van der Waals surface area contributed by atoms with Crippen molar-refractivity contribution in [1.29, 1.82) is 0 Å². The standard InChI is InChI=1S/C14H24N4OS/c1-10(2)18(12-7-5-4-6-8-12)13(19)9-20-14-15-11(3)16-17-14/h10,12H,4-9H2,1-3H3,(H,15,16,17). The van der Waals surface area contributed by atoms with Gasteiger partial charge in [0.25, 0.3) is 0 Å². The number of hydrogen-bond donors (Lipinski definition) is 1. The predicted octanol–water partition coefficient (Wildman–Crippen LogP) is 2.77. The van der Waals surface area contributed by atoms with Crippen LogP contribution in [0.15, 0.2) is 5.16 Å². The van der Waals surface area contributed by atoms with Gasteiger partial charge in [-0.3, -0.25) is 9.89 Å². The maximum absolute atomic E-state index is 12.5. The Labute approximate surface area is 124 Å². The second-order valence-electron chi connectivity index (χ2n) is 5.68. The summed E-state index contributed by atoms with van der Waals surface area (Å²) < 4.78 is 0. The molecule has 1 N–H and O–H groups in total. The van der Waals surface area contributed by atoms with E-state index < -0.39 is 0 Å². The van der Waals surface area contributed by atoms with Crippen molar-refractivity contribution in [2.24, 2.45) is 0 Å². The van der Waals surface area contributed by atoms with Gasteiger partial charge in [-0.25, -0.2) is 4.98 Å². The summed E-state index contributed by atoms with van der Waals surface area (Å²) in [6.45, 7) is 6.07. The number of carbonyl (C=O) groups is 1. The van der Waals surface area contributed by atoms with Crippen molar-refractivity contribution in [2.45, 2.75) is 70.1 Å². The van der Waals surface area contributed by atoms with Gasteiger partial charge >= 0.3 is 0 Å². The van der Waals surface area contributed by atoms with Gasteiger partial charge in [0.1, 0.15) is 5.82 Å². The van der Waals surface area contributed by atoms with Crippen LogP contribution < -0.4 is 0 Å². The molecular weight excluding hydrogens is 272 g/mol. The molecule has 1 saturated carbocycles. The van der Waals surface area contributed by atoms with Crippen LogP contribution in [0.2, 0.25) is 0 Å². The van der Waals surface area contributed by atoms with Crippen molar-refractivity contribution < 1.29 is 4.79 Å². The fraction of sp³-hybridized carbons (Fsp3) is 0.786. The normalized spacial score (nSPS) is 16.6. The smallest absolute Gasteiger partial charge is 0.233 e. The van der Waals surface area contributed by atoms with Gasteiger partial charge in [-0.2, -0.15) is 0 Å². The van der Waals surface area contributed by atoms with Gasteiger partial charge < -0.3 is 4.90 Å². The van der Waals surface area contributed by atoms with Gasteiger partial charge in [0.05, 0.1) is 5.75 Å². The summed E-state index contributed by atoms with van der Waals surface area (Å²) in [5.41, 5.74) is 0. The molecule has 6 heteroatoms. The van der Waals surface area contributed by atoms with Gasteiger partial charge in [-0.05, 0) is 33.6 Å². The number of aromatic nitrogens is 3. The second-order valence-corrected chi connectivity index (χ2v) is 6.62. The fourth-order valence-corrected chi connectivity index (χ4v) is 3.57. The van der Waals surface area contributed by atoms with E-state index in [1.54, 1.807) is 0 Å². The lowest BCUT2D eigenvalue weighted by atomic mass is 9.93. The number of aryl methyl sites for hydroxylation is 1. The lowest BCUT2D eigenvalue weighted by molar-refractivity contribution is -0.133. The molecule has 0 saturated heterocycles. The third kappa shape index (κ3) is 3.98. The fourth-order valence-electron chi connectivity index (χ4n) is 2.86. The van der Waals surface area contributed by atoms with E-state index in [2.05, 4.69) is 33.9 Å². The zero-order chi connectivity index (χ0) is 14.5. The number of carbonyl (C=O) groups excluding carboxylic acids is 1. The zero-order valence-electron chi connectivity index (χ0n) is 12.6. The van der Waals surface area contributed by atoms with Crippen LogP contribution >= 0.6 is 11.8 Å². The molecule has 1 aromatic rings. The van der Waals surface area contributed by atoms with Crippen molar-refractivity contribution >= 4 is 17.7 Å². The van der Waals surface area contributed by atoms with Gasteiger partial charge in [-0.15, -0.1) is 5.10 Å².